The molecule has 3 N–H and O–H groups in total. The maximum atomic E-state index is 10.5. The van der Waals surface area contributed by atoms with E-state index >= 15 is 0 Å². The molecule has 5 nitrogen and oxygen atoms in total. The number of hydrazone groups is 1. The summed E-state index contributed by atoms with van der Waals surface area (Å²) in [6, 6.07) is 7.00. The van der Waals surface area contributed by atoms with E-state index < -0.39 is 6.03 Å². The van der Waals surface area contributed by atoms with Gasteiger partial charge in [-0.25, -0.2) is 15.2 Å². The number of primary amides is 1. The predicted octanol–water partition coefficient (Wildman–Crippen LogP) is 2.20. The van der Waals surface area contributed by atoms with Crippen molar-refractivity contribution in [1.29, 1.82) is 0 Å². The Labute approximate surface area is 109 Å². The normalized spacial score (nSPS) is 11.0. The van der Waals surface area contributed by atoms with Gasteiger partial charge in [-0.2, -0.15) is 5.10 Å². The molecule has 0 spiro atoms. The second kappa shape index (κ2) is 5.01. The molecule has 0 atom stereocenters. The number of nitrogens with one attached hydrogen (secondary N) is 1. The van der Waals surface area contributed by atoms with Crippen molar-refractivity contribution in [3.8, 4) is 0 Å². The van der Waals surface area contributed by atoms with Gasteiger partial charge >= 0.3 is 6.03 Å². The van der Waals surface area contributed by atoms with E-state index in [0.717, 1.165) is 16.5 Å². The lowest BCUT2D eigenvalue weighted by Crippen LogP contribution is -2.24. The van der Waals surface area contributed by atoms with Gasteiger partial charge in [0, 0.05) is 10.9 Å². The summed E-state index contributed by atoms with van der Waals surface area (Å²) >= 11 is 6.02. The molecule has 0 aliphatic rings. The van der Waals surface area contributed by atoms with E-state index in [-0.39, 0.29) is 0 Å². The van der Waals surface area contributed by atoms with Crippen molar-refractivity contribution in [2.45, 2.75) is 6.92 Å². The average molecular weight is 263 g/mol. The first kappa shape index (κ1) is 12.3. The number of rotatable bonds is 2. The molecule has 0 saturated carbocycles. The van der Waals surface area contributed by atoms with Gasteiger partial charge in [-0.15, -0.1) is 0 Å². The Bertz CT molecular complexity index is 639. The first-order valence-electron chi connectivity index (χ1n) is 5.21. The van der Waals surface area contributed by atoms with Crippen LogP contribution in [-0.4, -0.2) is 17.2 Å². The SMILES string of the molecule is Cc1ccc2cc(C=NNC(N)=O)c(Cl)nc2c1. The van der Waals surface area contributed by atoms with E-state index in [4.69, 9.17) is 17.3 Å². The molecule has 0 radical (unpaired) electrons. The average Bonchev–Trinajstić information content (AvgIpc) is 2.29. The van der Waals surface area contributed by atoms with Gasteiger partial charge in [-0.3, -0.25) is 0 Å². The van der Waals surface area contributed by atoms with Crippen LogP contribution in [0.1, 0.15) is 11.1 Å². The lowest BCUT2D eigenvalue weighted by Gasteiger charge is -2.02. The molecule has 0 bridgehead atoms. The molecule has 1 aromatic carbocycles. The third kappa shape index (κ3) is 2.75. The molecule has 92 valence electrons. The van der Waals surface area contributed by atoms with Gasteiger partial charge in [-0.05, 0) is 24.6 Å². The zero-order valence-corrected chi connectivity index (χ0v) is 10.4. The van der Waals surface area contributed by atoms with Crippen LogP contribution in [0, 0.1) is 6.92 Å². The smallest absolute Gasteiger partial charge is 0.332 e. The second-order valence-electron chi connectivity index (χ2n) is 3.80. The van der Waals surface area contributed by atoms with E-state index in [2.05, 4.69) is 15.5 Å². The van der Waals surface area contributed by atoms with Crippen LogP contribution in [-0.2, 0) is 0 Å². The second-order valence-corrected chi connectivity index (χ2v) is 4.16. The van der Waals surface area contributed by atoms with E-state index in [1.807, 2.05) is 31.2 Å². The lowest BCUT2D eigenvalue weighted by molar-refractivity contribution is 0.249. The number of pyridine rings is 1. The van der Waals surface area contributed by atoms with E-state index in [1.54, 1.807) is 0 Å². The molecule has 1 heterocycles. The number of amides is 2. The number of aromatic nitrogens is 1. The third-order valence-electron chi connectivity index (χ3n) is 2.33. The number of aryl methyl sites for hydroxylation is 1. The number of fused-ring (bicyclic) bond motifs is 1. The highest BCUT2D eigenvalue weighted by Crippen LogP contribution is 2.20. The Hall–Kier alpha value is -2.14. The van der Waals surface area contributed by atoms with Crippen molar-refractivity contribution in [3.63, 3.8) is 0 Å². The first-order chi connectivity index (χ1) is 8.56. The largest absolute Gasteiger partial charge is 0.350 e. The molecule has 1 aromatic heterocycles. The molecule has 0 aliphatic carbocycles. The van der Waals surface area contributed by atoms with Gasteiger partial charge in [0.2, 0.25) is 0 Å². The Morgan fingerprint density at radius 1 is 1.50 bits per heavy atom. The van der Waals surface area contributed by atoms with Gasteiger partial charge in [-0.1, -0.05) is 23.7 Å². The predicted molar refractivity (Wildman–Crippen MR) is 71.8 cm³/mol. The van der Waals surface area contributed by atoms with Gasteiger partial charge < -0.3 is 5.73 Å². The van der Waals surface area contributed by atoms with Gasteiger partial charge in [0.05, 0.1) is 11.7 Å². The van der Waals surface area contributed by atoms with Crippen LogP contribution in [0.3, 0.4) is 0 Å². The van der Waals surface area contributed by atoms with E-state index in [0.29, 0.717) is 10.7 Å². The van der Waals surface area contributed by atoms with Crippen LogP contribution in [0.15, 0.2) is 29.4 Å². The third-order valence-corrected chi connectivity index (χ3v) is 2.63. The summed E-state index contributed by atoms with van der Waals surface area (Å²) in [5.41, 5.74) is 9.54. The zero-order valence-electron chi connectivity index (χ0n) is 9.64. The first-order valence-corrected chi connectivity index (χ1v) is 5.59. The molecule has 0 fully saturated rings. The van der Waals surface area contributed by atoms with Gasteiger partial charge in [0.25, 0.3) is 0 Å². The Morgan fingerprint density at radius 3 is 3.00 bits per heavy atom. The molecule has 0 unspecified atom stereocenters. The van der Waals surface area contributed by atoms with Crippen LogP contribution < -0.4 is 11.2 Å². The highest BCUT2D eigenvalue weighted by atomic mass is 35.5. The standard InChI is InChI=1S/C12H11ClN4O/c1-7-2-3-8-5-9(6-15-17-12(14)18)11(13)16-10(8)4-7/h2-6H,1H3,(H3,14,17,18). The number of hydrogen-bond donors (Lipinski definition) is 2. The maximum absolute atomic E-state index is 10.5. The Morgan fingerprint density at radius 2 is 2.28 bits per heavy atom. The Kier molecular flexibility index (Phi) is 3.43. The summed E-state index contributed by atoms with van der Waals surface area (Å²) in [5, 5.41) is 4.92. The van der Waals surface area contributed by atoms with Crippen molar-refractivity contribution in [2.75, 3.05) is 0 Å². The molecule has 2 rings (SSSR count). The molecule has 18 heavy (non-hydrogen) atoms. The van der Waals surface area contributed by atoms with E-state index in [9.17, 15) is 4.79 Å². The van der Waals surface area contributed by atoms with E-state index in [1.165, 1.54) is 6.21 Å². The summed E-state index contributed by atoms with van der Waals surface area (Å²) < 4.78 is 0. The minimum absolute atomic E-state index is 0.322. The fourth-order valence-corrected chi connectivity index (χ4v) is 1.72. The van der Waals surface area contributed by atoms with Crippen molar-refractivity contribution in [2.24, 2.45) is 10.8 Å². The number of halogens is 1. The van der Waals surface area contributed by atoms with Crippen LogP contribution >= 0.6 is 11.6 Å². The van der Waals surface area contributed by atoms with Crippen LogP contribution in [0.2, 0.25) is 5.15 Å². The molecular weight excluding hydrogens is 252 g/mol. The number of carbonyl (C=O) groups is 1. The van der Waals surface area contributed by atoms with Crippen LogP contribution in [0.5, 0.6) is 0 Å². The summed E-state index contributed by atoms with van der Waals surface area (Å²) in [5.74, 6) is 0. The summed E-state index contributed by atoms with van der Waals surface area (Å²) in [6.07, 6.45) is 1.40. The number of nitrogens with zero attached hydrogens (tertiary/aromatic N) is 2. The quantitative estimate of drug-likeness (QED) is 0.494. The van der Waals surface area contributed by atoms with Crippen LogP contribution in [0.25, 0.3) is 10.9 Å². The van der Waals surface area contributed by atoms with Crippen molar-refractivity contribution >= 4 is 34.7 Å². The topological polar surface area (TPSA) is 80.4 Å². The van der Waals surface area contributed by atoms with Crippen molar-refractivity contribution < 1.29 is 4.79 Å². The molecule has 0 aliphatic heterocycles. The number of nitrogens with two attached hydrogens (primary N) is 1. The lowest BCUT2D eigenvalue weighted by atomic mass is 10.1. The fraction of sp³-hybridized carbons (Fsp3) is 0.0833. The van der Waals surface area contributed by atoms with Crippen LogP contribution in [0.4, 0.5) is 4.79 Å². The number of carbonyl (C=O) groups excluding carboxylic acids is 1. The molecular formula is C12H11ClN4O. The number of benzene rings is 1. The molecule has 2 amide bonds. The Balaban J connectivity index is 2.40. The van der Waals surface area contributed by atoms with Crippen molar-refractivity contribution in [3.05, 3.63) is 40.5 Å². The van der Waals surface area contributed by atoms with Crippen molar-refractivity contribution in [1.82, 2.24) is 10.4 Å². The number of urea groups is 1. The zero-order chi connectivity index (χ0) is 13.1. The minimum atomic E-state index is -0.730. The summed E-state index contributed by atoms with van der Waals surface area (Å²) in [6.45, 7) is 1.99. The molecule has 6 heteroatoms. The highest BCUT2D eigenvalue weighted by Gasteiger charge is 2.03. The number of hydrogen-bond acceptors (Lipinski definition) is 3. The molecule has 2 aromatic rings. The highest BCUT2D eigenvalue weighted by molar-refractivity contribution is 6.32. The minimum Gasteiger partial charge on any atom is -0.350 e. The molecule has 0 saturated heterocycles. The monoisotopic (exact) mass is 262 g/mol. The van der Waals surface area contributed by atoms with Gasteiger partial charge in [0.15, 0.2) is 0 Å². The summed E-state index contributed by atoms with van der Waals surface area (Å²) in [7, 11) is 0. The summed E-state index contributed by atoms with van der Waals surface area (Å²) in [4.78, 5) is 14.7. The maximum Gasteiger partial charge on any atom is 0.332 e. The van der Waals surface area contributed by atoms with Gasteiger partial charge in [0.1, 0.15) is 5.15 Å². The fourth-order valence-electron chi connectivity index (χ4n) is 1.53.